The molecule has 0 bridgehead atoms. The number of para-hydroxylation sites is 1. The molecular formula is C18H28N2. The average molecular weight is 272 g/mol. The Morgan fingerprint density at radius 3 is 2.75 bits per heavy atom. The number of nitrogens with zero attached hydrogens (tertiary/aromatic N) is 1. The molecule has 110 valence electrons. The second-order valence-corrected chi connectivity index (χ2v) is 6.07. The number of nitrogens with one attached hydrogen (secondary N) is 1. The first kappa shape index (κ1) is 15.1. The Bertz CT molecular complexity index is 525. The van der Waals surface area contributed by atoms with Gasteiger partial charge in [0.1, 0.15) is 0 Å². The Balaban J connectivity index is 2.08. The third-order valence-electron chi connectivity index (χ3n) is 3.75. The molecule has 0 radical (unpaired) electrons. The maximum absolute atomic E-state index is 3.54. The van der Waals surface area contributed by atoms with Crippen molar-refractivity contribution in [3.63, 3.8) is 0 Å². The smallest absolute Gasteiger partial charge is 0.0483 e. The second kappa shape index (κ2) is 7.49. The molecule has 0 aliphatic rings. The summed E-state index contributed by atoms with van der Waals surface area (Å²) in [6.07, 6.45) is 5.98. The molecule has 20 heavy (non-hydrogen) atoms. The topological polar surface area (TPSA) is 17.0 Å². The van der Waals surface area contributed by atoms with Crippen molar-refractivity contribution in [2.45, 2.75) is 46.6 Å². The van der Waals surface area contributed by atoms with E-state index >= 15 is 0 Å². The molecule has 0 aliphatic carbocycles. The van der Waals surface area contributed by atoms with Crippen LogP contribution >= 0.6 is 0 Å². The van der Waals surface area contributed by atoms with Crippen LogP contribution in [-0.2, 0) is 13.0 Å². The van der Waals surface area contributed by atoms with E-state index in [1.54, 1.807) is 0 Å². The van der Waals surface area contributed by atoms with Gasteiger partial charge in [0.2, 0.25) is 0 Å². The lowest BCUT2D eigenvalue weighted by molar-refractivity contribution is 0.554. The number of rotatable bonds is 8. The first-order valence-corrected chi connectivity index (χ1v) is 7.99. The maximum atomic E-state index is 3.54. The molecule has 0 spiro atoms. The van der Waals surface area contributed by atoms with Crippen LogP contribution in [-0.4, -0.2) is 17.7 Å². The van der Waals surface area contributed by atoms with Gasteiger partial charge in [-0.1, -0.05) is 45.4 Å². The fraction of sp³-hybridized carbons (Fsp3) is 0.556. The van der Waals surface area contributed by atoms with Gasteiger partial charge in [-0.3, -0.25) is 0 Å². The van der Waals surface area contributed by atoms with E-state index in [2.05, 4.69) is 61.1 Å². The summed E-state index contributed by atoms with van der Waals surface area (Å²) in [6.45, 7) is 10.1. The van der Waals surface area contributed by atoms with E-state index in [4.69, 9.17) is 0 Å². The highest BCUT2D eigenvalue weighted by Crippen LogP contribution is 2.22. The van der Waals surface area contributed by atoms with E-state index in [-0.39, 0.29) is 0 Å². The highest BCUT2D eigenvalue weighted by atomic mass is 15.0. The van der Waals surface area contributed by atoms with Gasteiger partial charge in [-0.2, -0.15) is 0 Å². The van der Waals surface area contributed by atoms with Crippen LogP contribution in [0.3, 0.4) is 0 Å². The quantitative estimate of drug-likeness (QED) is 0.712. The number of benzene rings is 1. The van der Waals surface area contributed by atoms with Gasteiger partial charge in [0.25, 0.3) is 0 Å². The summed E-state index contributed by atoms with van der Waals surface area (Å²) < 4.78 is 2.43. The zero-order chi connectivity index (χ0) is 14.4. The minimum atomic E-state index is 0.723. The molecule has 1 aromatic heterocycles. The van der Waals surface area contributed by atoms with E-state index in [0.717, 1.165) is 32.0 Å². The molecule has 0 atom stereocenters. The number of unbranched alkanes of at least 4 members (excludes halogenated alkanes) is 1. The molecule has 2 nitrogen and oxygen atoms in total. The highest BCUT2D eigenvalue weighted by molar-refractivity contribution is 5.84. The molecule has 2 rings (SSSR count). The van der Waals surface area contributed by atoms with Crippen molar-refractivity contribution in [3.05, 3.63) is 36.0 Å². The number of hydrogen-bond acceptors (Lipinski definition) is 1. The van der Waals surface area contributed by atoms with Gasteiger partial charge in [0, 0.05) is 23.6 Å². The molecule has 0 amide bonds. The van der Waals surface area contributed by atoms with E-state index in [9.17, 15) is 0 Å². The molecule has 0 fully saturated rings. The minimum Gasteiger partial charge on any atom is -0.347 e. The van der Waals surface area contributed by atoms with E-state index in [1.165, 1.54) is 29.3 Å². The average Bonchev–Trinajstić information content (AvgIpc) is 2.80. The van der Waals surface area contributed by atoms with Crippen LogP contribution in [0, 0.1) is 5.92 Å². The second-order valence-electron chi connectivity index (χ2n) is 6.07. The first-order chi connectivity index (χ1) is 9.72. The van der Waals surface area contributed by atoms with Crippen molar-refractivity contribution in [1.29, 1.82) is 0 Å². The Morgan fingerprint density at radius 1 is 1.20 bits per heavy atom. The number of aryl methyl sites for hydroxylation is 1. The lowest BCUT2D eigenvalue weighted by Gasteiger charge is -2.06. The van der Waals surface area contributed by atoms with Gasteiger partial charge >= 0.3 is 0 Å². The molecule has 0 unspecified atom stereocenters. The molecule has 0 saturated heterocycles. The summed E-state index contributed by atoms with van der Waals surface area (Å²) in [4.78, 5) is 0. The fourth-order valence-corrected chi connectivity index (χ4v) is 2.65. The summed E-state index contributed by atoms with van der Waals surface area (Å²) in [7, 11) is 0. The van der Waals surface area contributed by atoms with E-state index < -0.39 is 0 Å². The normalized spacial score (nSPS) is 11.6. The summed E-state index contributed by atoms with van der Waals surface area (Å²) in [5, 5.41) is 4.97. The monoisotopic (exact) mass is 272 g/mol. The summed E-state index contributed by atoms with van der Waals surface area (Å²) in [5.41, 5.74) is 2.87. The lowest BCUT2D eigenvalue weighted by Crippen LogP contribution is -2.22. The van der Waals surface area contributed by atoms with Crippen molar-refractivity contribution in [1.82, 2.24) is 9.88 Å². The largest absolute Gasteiger partial charge is 0.347 e. The predicted molar refractivity (Wildman–Crippen MR) is 88.3 cm³/mol. The molecule has 0 saturated carbocycles. The molecule has 0 aliphatic heterocycles. The Kier molecular flexibility index (Phi) is 5.66. The Morgan fingerprint density at radius 2 is 2.00 bits per heavy atom. The number of hydrogen-bond donors (Lipinski definition) is 1. The molecular weight excluding hydrogens is 244 g/mol. The zero-order valence-corrected chi connectivity index (χ0v) is 13.2. The van der Waals surface area contributed by atoms with Gasteiger partial charge < -0.3 is 9.88 Å². The summed E-state index contributed by atoms with van der Waals surface area (Å²) in [6, 6.07) is 8.80. The van der Waals surface area contributed by atoms with Crippen LogP contribution in [0.1, 0.15) is 39.2 Å². The van der Waals surface area contributed by atoms with Crippen molar-refractivity contribution >= 4 is 10.9 Å². The first-order valence-electron chi connectivity index (χ1n) is 7.99. The standard InChI is InChI=1S/C18H28N2/c1-4-5-12-20-14-16(10-11-19-13-15(2)3)17-8-6-7-9-18(17)20/h6-9,14-15,19H,4-5,10-13H2,1-3H3. The lowest BCUT2D eigenvalue weighted by atomic mass is 10.1. The molecule has 2 heteroatoms. The van der Waals surface area contributed by atoms with Gasteiger partial charge in [-0.25, -0.2) is 0 Å². The number of aromatic nitrogens is 1. The van der Waals surface area contributed by atoms with Crippen LogP contribution in [0.2, 0.25) is 0 Å². The fourth-order valence-electron chi connectivity index (χ4n) is 2.65. The van der Waals surface area contributed by atoms with Gasteiger partial charge in [0.05, 0.1) is 0 Å². The van der Waals surface area contributed by atoms with Crippen LogP contribution in [0.4, 0.5) is 0 Å². The number of fused-ring (bicyclic) bond motifs is 1. The Labute approximate surface area is 123 Å². The minimum absolute atomic E-state index is 0.723. The molecule has 1 heterocycles. The summed E-state index contributed by atoms with van der Waals surface area (Å²) in [5.74, 6) is 0.723. The van der Waals surface area contributed by atoms with Crippen LogP contribution < -0.4 is 5.32 Å². The third-order valence-corrected chi connectivity index (χ3v) is 3.75. The zero-order valence-electron chi connectivity index (χ0n) is 13.2. The SMILES string of the molecule is CCCCn1cc(CCNCC(C)C)c2ccccc21. The van der Waals surface area contributed by atoms with Gasteiger partial charge in [-0.05, 0) is 43.5 Å². The van der Waals surface area contributed by atoms with Crippen molar-refractivity contribution in [2.75, 3.05) is 13.1 Å². The van der Waals surface area contributed by atoms with E-state index in [0.29, 0.717) is 0 Å². The van der Waals surface area contributed by atoms with Crippen LogP contribution in [0.25, 0.3) is 10.9 Å². The van der Waals surface area contributed by atoms with Crippen molar-refractivity contribution < 1.29 is 0 Å². The van der Waals surface area contributed by atoms with E-state index in [1.807, 2.05) is 0 Å². The molecule has 2 aromatic rings. The Hall–Kier alpha value is -1.28. The predicted octanol–water partition coefficient (Wildman–Crippen LogP) is 4.23. The van der Waals surface area contributed by atoms with Crippen LogP contribution in [0.5, 0.6) is 0 Å². The summed E-state index contributed by atoms with van der Waals surface area (Å²) >= 11 is 0. The molecule has 1 N–H and O–H groups in total. The van der Waals surface area contributed by atoms with Gasteiger partial charge in [-0.15, -0.1) is 0 Å². The van der Waals surface area contributed by atoms with Crippen molar-refractivity contribution in [2.24, 2.45) is 5.92 Å². The highest BCUT2D eigenvalue weighted by Gasteiger charge is 2.07. The van der Waals surface area contributed by atoms with Crippen LogP contribution in [0.15, 0.2) is 30.5 Å². The van der Waals surface area contributed by atoms with Gasteiger partial charge in [0.15, 0.2) is 0 Å². The van der Waals surface area contributed by atoms with Crippen molar-refractivity contribution in [3.8, 4) is 0 Å². The molecule has 1 aromatic carbocycles. The third kappa shape index (κ3) is 3.86. The maximum Gasteiger partial charge on any atom is 0.0483 e.